The first-order valence-corrected chi connectivity index (χ1v) is 39.2. The number of anilines is 5. The lowest BCUT2D eigenvalue weighted by Gasteiger charge is -2.29. The number of nitrogens with zero attached hydrogens (tertiary/aromatic N) is 15. The summed E-state index contributed by atoms with van der Waals surface area (Å²) in [7, 11) is 2.10. The number of fused-ring (bicyclic) bond motifs is 4. The molecule has 0 bridgehead atoms. The second-order valence-corrected chi connectivity index (χ2v) is 29.5. The highest BCUT2D eigenvalue weighted by Gasteiger charge is 2.28. The number of aromatic amines is 4. The summed E-state index contributed by atoms with van der Waals surface area (Å²) in [5, 5.41) is 25.3. The number of aliphatic hydroxyl groups excluding tert-OH is 2. The maximum Gasteiger partial charge on any atom is 0.276 e. The van der Waals surface area contributed by atoms with E-state index >= 15 is 0 Å². The fourth-order valence-electron chi connectivity index (χ4n) is 13.2. The van der Waals surface area contributed by atoms with Gasteiger partial charge in [0.05, 0.1) is 99.6 Å². The van der Waals surface area contributed by atoms with Gasteiger partial charge in [0.15, 0.2) is 75.0 Å². The molecule has 33 nitrogen and oxygen atoms in total. The molecule has 620 valence electrons. The Hall–Kier alpha value is -13.8. The van der Waals surface area contributed by atoms with Crippen LogP contribution < -0.4 is 52.5 Å². The van der Waals surface area contributed by atoms with Crippen LogP contribution in [0.3, 0.4) is 0 Å². The number of nitrogens with two attached hydrogens (primary N) is 4. The largest absolute Gasteiger partial charge is 0.475 e. The molecule has 1 saturated heterocycles. The molecule has 5 atom stereocenters. The Morgan fingerprint density at radius 1 is 0.500 bits per heavy atom. The van der Waals surface area contributed by atoms with E-state index in [1.165, 1.54) is 42.8 Å². The van der Waals surface area contributed by atoms with E-state index < -0.39 is 0 Å². The zero-order valence-electron chi connectivity index (χ0n) is 65.4. The topological polar surface area (TPSA) is 487 Å². The van der Waals surface area contributed by atoms with Crippen molar-refractivity contribution >= 4 is 96.7 Å². The van der Waals surface area contributed by atoms with Gasteiger partial charge in [-0.25, -0.2) is 64.8 Å². The maximum atomic E-state index is 12.4. The van der Waals surface area contributed by atoms with Crippen LogP contribution >= 0.6 is 11.8 Å². The molecule has 18 rings (SSSR count). The Kier molecular flexibility index (Phi) is 25.8. The van der Waals surface area contributed by atoms with Crippen LogP contribution in [0, 0.1) is 20.8 Å². The number of nitrogens with one attached hydrogen (secondary N) is 6. The van der Waals surface area contributed by atoms with Crippen molar-refractivity contribution in [2.24, 2.45) is 0 Å². The maximum absolute atomic E-state index is 12.4. The van der Waals surface area contributed by atoms with E-state index in [4.69, 9.17) is 41.9 Å². The number of piperidine rings is 1. The Morgan fingerprint density at radius 2 is 0.932 bits per heavy atom. The molecule has 3 aliphatic rings. The lowest BCUT2D eigenvalue weighted by atomic mass is 10.1. The molecule has 1 aliphatic heterocycles. The van der Waals surface area contributed by atoms with E-state index in [-0.39, 0.29) is 66.2 Å². The van der Waals surface area contributed by atoms with Crippen LogP contribution in [0.15, 0.2) is 186 Å². The summed E-state index contributed by atoms with van der Waals surface area (Å²) in [4.78, 5) is 101. The van der Waals surface area contributed by atoms with Crippen molar-refractivity contribution in [1.82, 2.24) is 99.9 Å². The molecule has 6 aromatic carbocycles. The molecule has 15 aromatic rings. The van der Waals surface area contributed by atoms with Gasteiger partial charge in [0, 0.05) is 48.3 Å². The normalized spacial score (nSPS) is 16.3. The molecule has 34 heteroatoms. The molecule has 3 fully saturated rings. The Labute approximate surface area is 693 Å². The van der Waals surface area contributed by atoms with Crippen molar-refractivity contribution in [3.63, 3.8) is 0 Å². The Bertz CT molecular complexity index is 5810. The molecular weight excluding hydrogens is 1520 g/mol. The smallest absolute Gasteiger partial charge is 0.276 e. The minimum absolute atomic E-state index is 0. The quantitative estimate of drug-likeness (QED) is 0.0355. The number of rotatable bonds is 18. The molecule has 118 heavy (non-hydrogen) atoms. The first-order chi connectivity index (χ1) is 57.2. The molecule has 9 aromatic heterocycles. The molecule has 3 unspecified atom stereocenters. The molecule has 2 amide bonds. The van der Waals surface area contributed by atoms with Crippen LogP contribution in [0.1, 0.15) is 97.0 Å². The van der Waals surface area contributed by atoms with E-state index in [1.54, 1.807) is 19.3 Å². The molecular formula is C84H105N25O8S. The second-order valence-electron chi connectivity index (χ2n) is 28.5. The highest BCUT2D eigenvalue weighted by Crippen LogP contribution is 2.33. The van der Waals surface area contributed by atoms with Crippen molar-refractivity contribution in [2.75, 3.05) is 61.5 Å². The van der Waals surface area contributed by atoms with Crippen LogP contribution in [0.5, 0.6) is 23.5 Å². The number of amides is 2. The SMILES string of the molecule is CC(=O)NCCOc1cnc(N)c(-c2nc3ccc(C)cc3[nH]2)n1.Cc1ccc2nc(-c3nc(OC4CCCN(C)C4)cnc3N)[nH]c2c1.Cc1ncc(Sc2ccccc2)nc1C(=O)Nc1ccccc1.Nc1ncc(OC2CC[C@@H](O)C2)nc1-c1nc2ccccc2[nH]1.Nc1ncc(OC2CC[C@H](O)C2)nc1-c1nc2ccccc2[nH]1.[HH].[HH].[HH].[HH].[HH].[HH].[HH].[HH]. The number of aromatic nitrogens is 18. The molecule has 16 N–H and O–H groups in total. The van der Waals surface area contributed by atoms with Gasteiger partial charge in [0.25, 0.3) is 5.91 Å². The number of nitrogen functional groups attached to an aromatic ring is 4. The number of benzene rings is 6. The van der Waals surface area contributed by atoms with Gasteiger partial charge in [0.1, 0.15) is 29.9 Å². The number of carbonyl (C=O) groups is 2. The standard InChI is InChI=1S/C18H22N6O.C18H15N3OS.C16H18N6O2.2C16H17N5O2.8H2/c1-11-5-6-13-14(8-11)22-18(21-13)16-17(19)20-9-15(23-16)25-12-4-3-7-24(2)10-12;1-13-17(18(22)20-14-8-4-2-5-9-14)21-16(12-19-13)23-15-10-6-3-7-11-15;1-9-3-4-11-12(7-9)21-16(20-11)14-15(17)19-8-13(22-14)24-6-5-18-10(2)23;2*17-15-14(16-19-11-3-1-2-4-12(11)20-16)21-13(8-18-15)23-10-6-5-9(22)7-10;;;;;;;;/h5-6,8-9,12H,3-4,7,10H2,1-2H3,(H2,19,20)(H,21,22);2-12H,1H3,(H,20,22);3-4,7-8H,5-6H2,1-2H3,(H2,17,19)(H,18,23)(H,20,21);2*1-4,8-10,22H,5-7H2,(H2,17,18)(H,19,20);8*1H/t;;;2*9-,10?;;;;;;;;/m...10......../s1. The third kappa shape index (κ3) is 21.2. The van der Waals surface area contributed by atoms with Gasteiger partial charge >= 0.3 is 0 Å². The number of imidazole rings is 4. The van der Waals surface area contributed by atoms with Crippen LogP contribution in [-0.4, -0.2) is 180 Å². The summed E-state index contributed by atoms with van der Waals surface area (Å²) >= 11 is 1.48. The van der Waals surface area contributed by atoms with Gasteiger partial charge in [-0.3, -0.25) is 14.6 Å². The molecule has 2 aliphatic carbocycles. The summed E-state index contributed by atoms with van der Waals surface area (Å²) in [6, 6.07) is 46.6. The van der Waals surface area contributed by atoms with Crippen molar-refractivity contribution in [2.45, 2.75) is 120 Å². The number of hydrogen-bond donors (Lipinski definition) is 12. The van der Waals surface area contributed by atoms with Crippen LogP contribution in [0.2, 0.25) is 0 Å². The number of likely N-dealkylation sites (tertiary alicyclic amines) is 1. The lowest BCUT2D eigenvalue weighted by molar-refractivity contribution is -0.119. The number of para-hydroxylation sites is 5. The summed E-state index contributed by atoms with van der Waals surface area (Å²) in [5.41, 5.74) is 36.8. The highest BCUT2D eigenvalue weighted by molar-refractivity contribution is 7.99. The fraction of sp³-hybridized carbons (Fsp3) is 0.262. The molecule has 10 heterocycles. The van der Waals surface area contributed by atoms with Crippen LogP contribution in [0.25, 0.3) is 90.2 Å². The van der Waals surface area contributed by atoms with Gasteiger partial charge in [-0.15, -0.1) is 0 Å². The number of H-pyrrole nitrogens is 4. The first kappa shape index (κ1) is 80.8. The van der Waals surface area contributed by atoms with E-state index in [2.05, 4.69) is 112 Å². The van der Waals surface area contributed by atoms with Crippen molar-refractivity contribution < 1.29 is 50.2 Å². The van der Waals surface area contributed by atoms with E-state index in [0.717, 1.165) is 112 Å². The van der Waals surface area contributed by atoms with Gasteiger partial charge in [-0.1, -0.05) is 84.6 Å². The summed E-state index contributed by atoms with van der Waals surface area (Å²) in [6.45, 7) is 9.97. The second kappa shape index (κ2) is 37.6. The van der Waals surface area contributed by atoms with Crippen molar-refractivity contribution in [3.05, 3.63) is 199 Å². The number of aryl methyl sites for hydroxylation is 3. The van der Waals surface area contributed by atoms with E-state index in [0.29, 0.717) is 123 Å². The predicted molar refractivity (Wildman–Crippen MR) is 468 cm³/mol. The van der Waals surface area contributed by atoms with Gasteiger partial charge < -0.3 is 87.6 Å². The third-order valence-electron chi connectivity index (χ3n) is 19.1. The Balaban J connectivity index is 0.000000239. The minimum Gasteiger partial charge on any atom is -0.475 e. The molecule has 0 spiro atoms. The number of likely N-dealkylation sites (N-methyl/N-ethyl adjacent to an activating group) is 1. The number of hydrogen-bond acceptors (Lipinski definition) is 28. The van der Waals surface area contributed by atoms with E-state index in [1.807, 2.05) is 159 Å². The van der Waals surface area contributed by atoms with Gasteiger partial charge in [0.2, 0.25) is 29.4 Å². The first-order valence-electron chi connectivity index (χ1n) is 38.4. The summed E-state index contributed by atoms with van der Waals surface area (Å²) in [5.74, 6) is 4.70. The molecule has 2 saturated carbocycles. The van der Waals surface area contributed by atoms with Crippen LogP contribution in [-0.2, 0) is 4.79 Å². The zero-order chi connectivity index (χ0) is 82.2. The number of carbonyl (C=O) groups excluding carboxylic acids is 2. The fourth-order valence-corrected chi connectivity index (χ4v) is 14.0. The average Bonchev–Trinajstić information content (AvgIpc) is 1.66. The van der Waals surface area contributed by atoms with Crippen molar-refractivity contribution in [1.29, 1.82) is 0 Å². The van der Waals surface area contributed by atoms with Crippen molar-refractivity contribution in [3.8, 4) is 69.6 Å². The van der Waals surface area contributed by atoms with Gasteiger partial charge in [-0.2, -0.15) is 0 Å². The van der Waals surface area contributed by atoms with E-state index in [9.17, 15) is 19.8 Å². The Morgan fingerprint density at radius 3 is 1.39 bits per heavy atom. The predicted octanol–water partition coefficient (Wildman–Crippen LogP) is 13.8. The third-order valence-corrected chi connectivity index (χ3v) is 20.0. The van der Waals surface area contributed by atoms with Gasteiger partial charge in [-0.05, 0) is 157 Å². The summed E-state index contributed by atoms with van der Waals surface area (Å²) < 4.78 is 23.1. The molecule has 0 radical (unpaired) electrons. The number of ether oxygens (including phenoxy) is 4. The lowest BCUT2D eigenvalue weighted by Crippen LogP contribution is -2.38. The highest BCUT2D eigenvalue weighted by atomic mass is 32.2. The summed E-state index contributed by atoms with van der Waals surface area (Å²) in [6.07, 6.45) is 13.7. The average molecular weight is 1620 g/mol. The minimum atomic E-state index is -0.295. The monoisotopic (exact) mass is 1620 g/mol. The zero-order valence-corrected chi connectivity index (χ0v) is 66.2. The van der Waals surface area contributed by atoms with Crippen LogP contribution in [0.4, 0.5) is 29.0 Å². The number of aliphatic hydroxyl groups is 2.